The fourth-order valence-electron chi connectivity index (χ4n) is 1.96. The number of carbonyl (C=O) groups excluding carboxylic acids is 3. The quantitative estimate of drug-likeness (QED) is 0.766. The number of rotatable bonds is 3. The molecule has 0 bridgehead atoms. The van der Waals surface area contributed by atoms with Crippen molar-refractivity contribution in [2.24, 2.45) is 5.41 Å². The number of amides is 3. The Labute approximate surface area is 108 Å². The Morgan fingerprint density at radius 2 is 2.00 bits per heavy atom. The van der Waals surface area contributed by atoms with Crippen LogP contribution in [0.4, 0.5) is 0 Å². The molecule has 1 heterocycles. The summed E-state index contributed by atoms with van der Waals surface area (Å²) >= 11 is 0. The van der Waals surface area contributed by atoms with Crippen molar-refractivity contribution >= 4 is 17.7 Å². The van der Waals surface area contributed by atoms with Gasteiger partial charge in [0, 0.05) is 6.42 Å². The molecule has 0 aliphatic carbocycles. The van der Waals surface area contributed by atoms with Gasteiger partial charge in [0.1, 0.15) is 12.6 Å². The minimum absolute atomic E-state index is 0.00672. The van der Waals surface area contributed by atoms with Gasteiger partial charge < -0.3 is 4.90 Å². The van der Waals surface area contributed by atoms with Gasteiger partial charge in [-0.3, -0.25) is 19.7 Å². The normalized spacial score (nSPS) is 20.9. The molecular formula is C13H22N2O3. The van der Waals surface area contributed by atoms with Crippen LogP contribution in [0.3, 0.4) is 0 Å². The predicted molar refractivity (Wildman–Crippen MR) is 67.6 cm³/mol. The number of carbonyl (C=O) groups is 3. The topological polar surface area (TPSA) is 66.5 Å². The molecule has 1 rings (SSSR count). The van der Waals surface area contributed by atoms with Gasteiger partial charge in [0.2, 0.25) is 17.7 Å². The fraction of sp³-hybridized carbons (Fsp3) is 0.769. The minimum atomic E-state index is -0.504. The van der Waals surface area contributed by atoms with Crippen molar-refractivity contribution in [3.05, 3.63) is 0 Å². The largest absolute Gasteiger partial charge is 0.321 e. The highest BCUT2D eigenvalue weighted by Crippen LogP contribution is 2.22. The zero-order valence-electron chi connectivity index (χ0n) is 11.6. The molecule has 1 aliphatic rings. The average molecular weight is 254 g/mol. The van der Waals surface area contributed by atoms with Gasteiger partial charge in [-0.05, 0) is 18.3 Å². The Kier molecular flexibility index (Phi) is 4.48. The summed E-state index contributed by atoms with van der Waals surface area (Å²) in [5.74, 6) is -0.869. The summed E-state index contributed by atoms with van der Waals surface area (Å²) in [6.45, 7) is 8.01. The maximum atomic E-state index is 12.1. The van der Waals surface area contributed by atoms with E-state index < -0.39 is 11.9 Å². The first-order chi connectivity index (χ1) is 8.24. The lowest BCUT2D eigenvalue weighted by molar-refractivity contribution is -0.150. The van der Waals surface area contributed by atoms with E-state index in [1.54, 1.807) is 0 Å². The highest BCUT2D eigenvalue weighted by Gasteiger charge is 2.35. The Bertz CT molecular complexity index is 358. The zero-order chi connectivity index (χ0) is 13.9. The Hall–Kier alpha value is -1.39. The molecule has 5 nitrogen and oxygen atoms in total. The summed E-state index contributed by atoms with van der Waals surface area (Å²) in [6.07, 6.45) is 1.65. The van der Waals surface area contributed by atoms with E-state index in [2.05, 4.69) is 26.1 Å². The standard InChI is InChI=1S/C13H22N2O3/c1-5-9-12(18)14-10(16)8-15(9)11(17)6-7-13(2,3)4/h9H,5-8H2,1-4H3,(H,14,16,18). The molecule has 1 fully saturated rings. The van der Waals surface area contributed by atoms with Crippen LogP contribution < -0.4 is 5.32 Å². The molecule has 1 N–H and O–H groups in total. The minimum Gasteiger partial charge on any atom is -0.321 e. The van der Waals surface area contributed by atoms with Crippen molar-refractivity contribution in [2.45, 2.75) is 53.0 Å². The van der Waals surface area contributed by atoms with E-state index in [1.807, 2.05) is 6.92 Å². The van der Waals surface area contributed by atoms with Crippen molar-refractivity contribution in [3.63, 3.8) is 0 Å². The fourth-order valence-corrected chi connectivity index (χ4v) is 1.96. The maximum Gasteiger partial charge on any atom is 0.249 e. The molecule has 102 valence electrons. The van der Waals surface area contributed by atoms with Crippen molar-refractivity contribution in [1.82, 2.24) is 10.2 Å². The van der Waals surface area contributed by atoms with Crippen LogP contribution >= 0.6 is 0 Å². The van der Waals surface area contributed by atoms with Gasteiger partial charge in [-0.1, -0.05) is 27.7 Å². The summed E-state index contributed by atoms with van der Waals surface area (Å²) in [5.41, 5.74) is 0.0689. The van der Waals surface area contributed by atoms with E-state index >= 15 is 0 Å². The second kappa shape index (κ2) is 5.50. The molecule has 0 radical (unpaired) electrons. The Morgan fingerprint density at radius 3 is 2.50 bits per heavy atom. The lowest BCUT2D eigenvalue weighted by Gasteiger charge is -2.34. The summed E-state index contributed by atoms with van der Waals surface area (Å²) < 4.78 is 0. The molecule has 0 aromatic carbocycles. The molecule has 1 unspecified atom stereocenters. The third-order valence-corrected chi connectivity index (χ3v) is 3.05. The molecular weight excluding hydrogens is 232 g/mol. The summed E-state index contributed by atoms with van der Waals surface area (Å²) in [5, 5.41) is 2.27. The molecule has 1 saturated heterocycles. The summed E-state index contributed by atoms with van der Waals surface area (Å²) in [7, 11) is 0. The van der Waals surface area contributed by atoms with Crippen LogP contribution in [0.15, 0.2) is 0 Å². The smallest absolute Gasteiger partial charge is 0.249 e. The first kappa shape index (κ1) is 14.7. The van der Waals surface area contributed by atoms with E-state index in [4.69, 9.17) is 0 Å². The molecule has 3 amide bonds. The van der Waals surface area contributed by atoms with Crippen molar-refractivity contribution < 1.29 is 14.4 Å². The van der Waals surface area contributed by atoms with Crippen LogP contribution in [0.1, 0.15) is 47.0 Å². The number of hydrogen-bond acceptors (Lipinski definition) is 3. The van der Waals surface area contributed by atoms with Crippen LogP contribution in [0.5, 0.6) is 0 Å². The van der Waals surface area contributed by atoms with Gasteiger partial charge in [-0.25, -0.2) is 0 Å². The van der Waals surface area contributed by atoms with E-state index in [1.165, 1.54) is 4.90 Å². The Morgan fingerprint density at radius 1 is 1.39 bits per heavy atom. The van der Waals surface area contributed by atoms with E-state index in [0.717, 1.165) is 6.42 Å². The highest BCUT2D eigenvalue weighted by atomic mass is 16.2. The first-order valence-corrected chi connectivity index (χ1v) is 6.38. The van der Waals surface area contributed by atoms with Crippen LogP contribution in [0, 0.1) is 5.41 Å². The van der Waals surface area contributed by atoms with Gasteiger partial charge in [-0.15, -0.1) is 0 Å². The van der Waals surface area contributed by atoms with Gasteiger partial charge in [-0.2, -0.15) is 0 Å². The lowest BCUT2D eigenvalue weighted by atomic mass is 9.90. The van der Waals surface area contributed by atoms with Gasteiger partial charge in [0.05, 0.1) is 0 Å². The van der Waals surface area contributed by atoms with Crippen molar-refractivity contribution in [1.29, 1.82) is 0 Å². The van der Waals surface area contributed by atoms with E-state index in [9.17, 15) is 14.4 Å². The second-order valence-corrected chi connectivity index (χ2v) is 5.92. The summed E-state index contributed by atoms with van der Waals surface area (Å²) in [6, 6.07) is -0.504. The van der Waals surface area contributed by atoms with Crippen molar-refractivity contribution in [2.75, 3.05) is 6.54 Å². The number of piperazine rings is 1. The molecule has 0 spiro atoms. The molecule has 1 atom stereocenters. The molecule has 5 heteroatoms. The molecule has 0 saturated carbocycles. The molecule has 18 heavy (non-hydrogen) atoms. The third kappa shape index (κ3) is 3.82. The van der Waals surface area contributed by atoms with Gasteiger partial charge in [0.25, 0.3) is 0 Å². The predicted octanol–water partition coefficient (Wildman–Crippen LogP) is 1.08. The zero-order valence-corrected chi connectivity index (χ0v) is 11.6. The summed E-state index contributed by atoms with van der Waals surface area (Å²) in [4.78, 5) is 36.5. The SMILES string of the molecule is CCC1C(=O)NC(=O)CN1C(=O)CCC(C)(C)C. The van der Waals surface area contributed by atoms with E-state index in [0.29, 0.717) is 12.8 Å². The van der Waals surface area contributed by atoms with Crippen LogP contribution in [-0.2, 0) is 14.4 Å². The third-order valence-electron chi connectivity index (χ3n) is 3.05. The highest BCUT2D eigenvalue weighted by molar-refractivity contribution is 6.04. The van der Waals surface area contributed by atoms with Crippen molar-refractivity contribution in [3.8, 4) is 0 Å². The van der Waals surface area contributed by atoms with Crippen LogP contribution in [-0.4, -0.2) is 35.2 Å². The molecule has 1 aliphatic heterocycles. The Balaban J connectivity index is 2.69. The lowest BCUT2D eigenvalue weighted by Crippen LogP contribution is -2.59. The van der Waals surface area contributed by atoms with E-state index in [-0.39, 0.29) is 23.8 Å². The maximum absolute atomic E-state index is 12.1. The first-order valence-electron chi connectivity index (χ1n) is 6.38. The van der Waals surface area contributed by atoms with Crippen LogP contribution in [0.2, 0.25) is 0 Å². The monoisotopic (exact) mass is 254 g/mol. The van der Waals surface area contributed by atoms with Gasteiger partial charge >= 0.3 is 0 Å². The van der Waals surface area contributed by atoms with Crippen LogP contribution in [0.25, 0.3) is 0 Å². The average Bonchev–Trinajstić information content (AvgIpc) is 2.24. The van der Waals surface area contributed by atoms with Gasteiger partial charge in [0.15, 0.2) is 0 Å². The number of hydrogen-bond donors (Lipinski definition) is 1. The second-order valence-electron chi connectivity index (χ2n) is 5.92. The molecule has 0 aromatic heterocycles. The number of nitrogens with zero attached hydrogens (tertiary/aromatic N) is 1. The number of imide groups is 1. The number of nitrogens with one attached hydrogen (secondary N) is 1. The molecule has 0 aromatic rings.